The topological polar surface area (TPSA) is 15.3 Å². The molecule has 1 N–H and O–H groups in total. The standard InChI is InChI=1S/C16H18N2.Ca/c1-3-7-14(8-4-1)16-13-17-11-12-18(16)15-9-5-2-6-10-15;/h1-10,16-17H,11-13H2;/q;+2. The Bertz CT molecular complexity index is 439. The summed E-state index contributed by atoms with van der Waals surface area (Å²) in [5.41, 5.74) is 2.70. The van der Waals surface area contributed by atoms with Crippen molar-refractivity contribution < 1.29 is 0 Å². The zero-order valence-corrected chi connectivity index (χ0v) is 13.3. The molecule has 0 saturated carbocycles. The maximum Gasteiger partial charge on any atom is 2.00 e. The summed E-state index contributed by atoms with van der Waals surface area (Å²) in [7, 11) is 0. The van der Waals surface area contributed by atoms with Gasteiger partial charge in [0.15, 0.2) is 0 Å². The Balaban J connectivity index is 0.00000133. The molecule has 0 aliphatic carbocycles. The van der Waals surface area contributed by atoms with Gasteiger partial charge in [0, 0.05) is 25.3 Å². The number of hydrogen-bond donors (Lipinski definition) is 1. The van der Waals surface area contributed by atoms with Crippen LogP contribution in [0.15, 0.2) is 60.7 Å². The summed E-state index contributed by atoms with van der Waals surface area (Å²) in [6, 6.07) is 21.9. The Morgan fingerprint density at radius 1 is 0.895 bits per heavy atom. The fourth-order valence-electron chi connectivity index (χ4n) is 2.61. The van der Waals surface area contributed by atoms with Crippen LogP contribution < -0.4 is 10.2 Å². The molecule has 0 spiro atoms. The third kappa shape index (κ3) is 3.51. The first-order valence-corrected chi connectivity index (χ1v) is 6.52. The number of nitrogens with one attached hydrogen (secondary N) is 1. The van der Waals surface area contributed by atoms with Gasteiger partial charge < -0.3 is 10.2 Å². The van der Waals surface area contributed by atoms with Gasteiger partial charge in [-0.2, -0.15) is 0 Å². The smallest absolute Gasteiger partial charge is 0.362 e. The van der Waals surface area contributed by atoms with Crippen LogP contribution in [0.5, 0.6) is 0 Å². The first-order valence-electron chi connectivity index (χ1n) is 6.52. The fourth-order valence-corrected chi connectivity index (χ4v) is 2.61. The molecule has 19 heavy (non-hydrogen) atoms. The van der Waals surface area contributed by atoms with Crippen molar-refractivity contribution in [2.24, 2.45) is 0 Å². The molecule has 1 atom stereocenters. The second-order valence-corrected chi connectivity index (χ2v) is 4.66. The van der Waals surface area contributed by atoms with Crippen LogP contribution in [0, 0.1) is 0 Å². The zero-order chi connectivity index (χ0) is 12.2. The molecule has 1 saturated heterocycles. The van der Waals surface area contributed by atoms with Crippen LogP contribution in [0.25, 0.3) is 0 Å². The molecule has 1 heterocycles. The fraction of sp³-hybridized carbons (Fsp3) is 0.250. The first-order chi connectivity index (χ1) is 8.95. The molecule has 0 amide bonds. The van der Waals surface area contributed by atoms with Crippen molar-refractivity contribution in [3.8, 4) is 0 Å². The zero-order valence-electron chi connectivity index (χ0n) is 11.1. The Kier molecular flexibility index (Phi) is 5.71. The number of rotatable bonds is 2. The minimum absolute atomic E-state index is 0. The van der Waals surface area contributed by atoms with E-state index in [9.17, 15) is 0 Å². The van der Waals surface area contributed by atoms with Crippen molar-refractivity contribution in [3.63, 3.8) is 0 Å². The number of nitrogens with zero attached hydrogens (tertiary/aromatic N) is 1. The predicted octanol–water partition coefficient (Wildman–Crippen LogP) is 2.46. The Morgan fingerprint density at radius 3 is 2.21 bits per heavy atom. The van der Waals surface area contributed by atoms with Crippen molar-refractivity contribution >= 4 is 43.4 Å². The van der Waals surface area contributed by atoms with Gasteiger partial charge in [-0.25, -0.2) is 0 Å². The van der Waals surface area contributed by atoms with Gasteiger partial charge in [0.2, 0.25) is 0 Å². The van der Waals surface area contributed by atoms with Gasteiger partial charge in [-0.3, -0.25) is 0 Å². The van der Waals surface area contributed by atoms with E-state index in [1.165, 1.54) is 11.3 Å². The van der Waals surface area contributed by atoms with Crippen LogP contribution in [-0.4, -0.2) is 57.4 Å². The normalized spacial score (nSPS) is 18.7. The van der Waals surface area contributed by atoms with Gasteiger partial charge in [-0.05, 0) is 17.7 Å². The molecule has 1 fully saturated rings. The molecule has 2 nitrogen and oxygen atoms in total. The van der Waals surface area contributed by atoms with Gasteiger partial charge >= 0.3 is 37.7 Å². The third-order valence-corrected chi connectivity index (χ3v) is 3.52. The Morgan fingerprint density at radius 2 is 1.53 bits per heavy atom. The van der Waals surface area contributed by atoms with Gasteiger partial charge in [-0.1, -0.05) is 48.5 Å². The van der Waals surface area contributed by atoms with E-state index in [-0.39, 0.29) is 37.7 Å². The molecule has 1 unspecified atom stereocenters. The maximum atomic E-state index is 3.49. The summed E-state index contributed by atoms with van der Waals surface area (Å²) >= 11 is 0. The second-order valence-electron chi connectivity index (χ2n) is 4.66. The van der Waals surface area contributed by atoms with Crippen LogP contribution >= 0.6 is 0 Å². The van der Waals surface area contributed by atoms with Crippen molar-refractivity contribution in [2.45, 2.75) is 6.04 Å². The summed E-state index contributed by atoms with van der Waals surface area (Å²) in [6.45, 7) is 3.13. The number of benzene rings is 2. The molecule has 3 rings (SSSR count). The van der Waals surface area contributed by atoms with Crippen LogP contribution in [0.2, 0.25) is 0 Å². The third-order valence-electron chi connectivity index (χ3n) is 3.52. The minimum atomic E-state index is 0. The monoisotopic (exact) mass is 278 g/mol. The van der Waals surface area contributed by atoms with E-state index < -0.39 is 0 Å². The van der Waals surface area contributed by atoms with Gasteiger partial charge in [-0.15, -0.1) is 0 Å². The van der Waals surface area contributed by atoms with Gasteiger partial charge in [0.1, 0.15) is 0 Å². The summed E-state index contributed by atoms with van der Waals surface area (Å²) < 4.78 is 0. The Hall–Kier alpha value is -0.540. The minimum Gasteiger partial charge on any atom is -0.362 e. The number of para-hydroxylation sites is 1. The Labute approximate surface area is 144 Å². The molecule has 0 aromatic heterocycles. The molecule has 2 aromatic carbocycles. The van der Waals surface area contributed by atoms with E-state index in [1.54, 1.807) is 0 Å². The predicted molar refractivity (Wildman–Crippen MR) is 81.6 cm³/mol. The molecule has 1 aliphatic heterocycles. The van der Waals surface area contributed by atoms with E-state index in [1.807, 2.05) is 0 Å². The summed E-state index contributed by atoms with van der Waals surface area (Å²) in [6.07, 6.45) is 0. The van der Waals surface area contributed by atoms with E-state index in [4.69, 9.17) is 0 Å². The SMILES string of the molecule is [Ca+2].c1ccc(C2CNCCN2c2ccccc2)cc1. The van der Waals surface area contributed by atoms with E-state index in [0.717, 1.165) is 19.6 Å². The number of hydrogen-bond acceptors (Lipinski definition) is 2. The van der Waals surface area contributed by atoms with Gasteiger partial charge in [0.25, 0.3) is 0 Å². The molecule has 0 bridgehead atoms. The van der Waals surface area contributed by atoms with E-state index >= 15 is 0 Å². The van der Waals surface area contributed by atoms with Crippen LogP contribution in [0.1, 0.15) is 11.6 Å². The summed E-state index contributed by atoms with van der Waals surface area (Å²) in [5, 5.41) is 3.49. The van der Waals surface area contributed by atoms with Crippen molar-refractivity contribution in [1.29, 1.82) is 0 Å². The second kappa shape index (κ2) is 7.30. The first kappa shape index (κ1) is 14.9. The quantitative estimate of drug-likeness (QED) is 0.849. The number of piperazine rings is 1. The average molecular weight is 278 g/mol. The molecule has 3 heteroatoms. The molecule has 2 aromatic rings. The van der Waals surface area contributed by atoms with Crippen molar-refractivity contribution in [1.82, 2.24) is 5.32 Å². The molecular weight excluding hydrogens is 260 g/mol. The molecule has 92 valence electrons. The van der Waals surface area contributed by atoms with Crippen LogP contribution in [0.4, 0.5) is 5.69 Å². The molecule has 1 aliphatic rings. The van der Waals surface area contributed by atoms with Gasteiger partial charge in [0.05, 0.1) is 6.04 Å². The van der Waals surface area contributed by atoms with Crippen LogP contribution in [-0.2, 0) is 0 Å². The van der Waals surface area contributed by atoms with E-state index in [0.29, 0.717) is 6.04 Å². The van der Waals surface area contributed by atoms with Crippen LogP contribution in [0.3, 0.4) is 0 Å². The molecular formula is C16H18CaN2+2. The number of anilines is 1. The average Bonchev–Trinajstić information content (AvgIpc) is 2.49. The molecule has 0 radical (unpaired) electrons. The van der Waals surface area contributed by atoms with E-state index in [2.05, 4.69) is 70.9 Å². The van der Waals surface area contributed by atoms with Crippen molar-refractivity contribution in [2.75, 3.05) is 24.5 Å². The summed E-state index contributed by atoms with van der Waals surface area (Å²) in [4.78, 5) is 2.49. The summed E-state index contributed by atoms with van der Waals surface area (Å²) in [5.74, 6) is 0. The largest absolute Gasteiger partial charge is 2.00 e. The van der Waals surface area contributed by atoms with Crippen molar-refractivity contribution in [3.05, 3.63) is 66.2 Å². The maximum absolute atomic E-state index is 3.49.